The van der Waals surface area contributed by atoms with Crippen molar-refractivity contribution in [3.63, 3.8) is 0 Å². The standard InChI is InChI=1S/C18H22N2O3/c1-3-12-5-6-16-14(9-12)15(11-23-16)18(22)19-13-7-8-20(10-13)17(21)4-2/h5-6,9,11,13H,3-4,7-8,10H2,1-2H3,(H,19,22). The van der Waals surface area contributed by atoms with Crippen molar-refractivity contribution in [2.75, 3.05) is 13.1 Å². The van der Waals surface area contributed by atoms with Crippen LogP contribution in [0.15, 0.2) is 28.9 Å². The Morgan fingerprint density at radius 1 is 1.35 bits per heavy atom. The van der Waals surface area contributed by atoms with E-state index in [-0.39, 0.29) is 17.9 Å². The SMILES string of the molecule is CCC(=O)N1CCC(NC(=O)c2coc3ccc(CC)cc23)C1. The molecule has 1 unspecified atom stereocenters. The lowest BCUT2D eigenvalue weighted by Crippen LogP contribution is -2.38. The predicted molar refractivity (Wildman–Crippen MR) is 88.3 cm³/mol. The van der Waals surface area contributed by atoms with Crippen LogP contribution in [0.3, 0.4) is 0 Å². The van der Waals surface area contributed by atoms with Gasteiger partial charge in [-0.1, -0.05) is 19.9 Å². The summed E-state index contributed by atoms with van der Waals surface area (Å²) >= 11 is 0. The Hall–Kier alpha value is -2.30. The zero-order valence-corrected chi connectivity index (χ0v) is 13.6. The minimum absolute atomic E-state index is 0.0114. The Morgan fingerprint density at radius 3 is 2.91 bits per heavy atom. The minimum Gasteiger partial charge on any atom is -0.463 e. The average molecular weight is 314 g/mol. The van der Waals surface area contributed by atoms with Crippen LogP contribution in [0.2, 0.25) is 0 Å². The molecular weight excluding hydrogens is 292 g/mol. The number of nitrogens with one attached hydrogen (secondary N) is 1. The van der Waals surface area contributed by atoms with E-state index < -0.39 is 0 Å². The average Bonchev–Trinajstić information content (AvgIpc) is 3.20. The summed E-state index contributed by atoms with van der Waals surface area (Å²) in [5.74, 6) is 0.0101. The summed E-state index contributed by atoms with van der Waals surface area (Å²) in [6.07, 6.45) is 3.74. The Labute approximate surface area is 135 Å². The molecule has 2 amide bonds. The molecule has 0 saturated carbocycles. The molecule has 0 aliphatic carbocycles. The van der Waals surface area contributed by atoms with E-state index in [1.54, 1.807) is 0 Å². The lowest BCUT2D eigenvalue weighted by Gasteiger charge is -2.16. The van der Waals surface area contributed by atoms with Crippen molar-refractivity contribution in [1.82, 2.24) is 10.2 Å². The van der Waals surface area contributed by atoms with E-state index in [4.69, 9.17) is 4.42 Å². The second kappa shape index (κ2) is 6.44. The van der Waals surface area contributed by atoms with E-state index in [1.807, 2.05) is 30.0 Å². The smallest absolute Gasteiger partial charge is 0.255 e. The van der Waals surface area contributed by atoms with E-state index >= 15 is 0 Å². The van der Waals surface area contributed by atoms with E-state index in [0.717, 1.165) is 23.8 Å². The van der Waals surface area contributed by atoms with Crippen molar-refractivity contribution in [3.8, 4) is 0 Å². The first-order valence-electron chi connectivity index (χ1n) is 8.21. The number of carbonyl (C=O) groups excluding carboxylic acids is 2. The molecule has 1 aromatic carbocycles. The van der Waals surface area contributed by atoms with Crippen LogP contribution in [0.1, 0.15) is 42.6 Å². The lowest BCUT2D eigenvalue weighted by atomic mass is 10.1. The van der Waals surface area contributed by atoms with Crippen LogP contribution >= 0.6 is 0 Å². The van der Waals surface area contributed by atoms with Crippen LogP contribution in [0, 0.1) is 0 Å². The van der Waals surface area contributed by atoms with Crippen molar-refractivity contribution in [3.05, 3.63) is 35.6 Å². The van der Waals surface area contributed by atoms with Crippen LogP contribution < -0.4 is 5.32 Å². The zero-order valence-electron chi connectivity index (χ0n) is 13.6. The fourth-order valence-electron chi connectivity index (χ4n) is 3.06. The number of benzene rings is 1. The molecule has 1 fully saturated rings. The van der Waals surface area contributed by atoms with E-state index in [0.29, 0.717) is 25.1 Å². The highest BCUT2D eigenvalue weighted by molar-refractivity contribution is 6.06. The summed E-state index contributed by atoms with van der Waals surface area (Å²) in [6, 6.07) is 5.94. The van der Waals surface area contributed by atoms with Crippen molar-refractivity contribution in [1.29, 1.82) is 0 Å². The van der Waals surface area contributed by atoms with E-state index in [2.05, 4.69) is 12.2 Å². The number of amides is 2. The topological polar surface area (TPSA) is 62.6 Å². The highest BCUT2D eigenvalue weighted by Crippen LogP contribution is 2.23. The maximum Gasteiger partial charge on any atom is 0.255 e. The summed E-state index contributed by atoms with van der Waals surface area (Å²) in [5.41, 5.74) is 2.46. The molecule has 1 aliphatic rings. The van der Waals surface area contributed by atoms with Gasteiger partial charge >= 0.3 is 0 Å². The number of likely N-dealkylation sites (tertiary alicyclic amines) is 1. The van der Waals surface area contributed by atoms with Gasteiger partial charge in [-0.05, 0) is 30.5 Å². The summed E-state index contributed by atoms with van der Waals surface area (Å²) in [7, 11) is 0. The Kier molecular flexibility index (Phi) is 4.37. The molecule has 5 heteroatoms. The summed E-state index contributed by atoms with van der Waals surface area (Å²) in [5, 5.41) is 3.88. The fraction of sp³-hybridized carbons (Fsp3) is 0.444. The second-order valence-corrected chi connectivity index (χ2v) is 5.99. The number of rotatable bonds is 4. The third kappa shape index (κ3) is 3.09. The van der Waals surface area contributed by atoms with Gasteiger partial charge in [-0.3, -0.25) is 9.59 Å². The molecule has 0 spiro atoms. The van der Waals surface area contributed by atoms with Crippen molar-refractivity contribution in [2.24, 2.45) is 0 Å². The number of hydrogen-bond donors (Lipinski definition) is 1. The molecule has 0 radical (unpaired) electrons. The van der Waals surface area contributed by atoms with Crippen LogP contribution in [0.5, 0.6) is 0 Å². The van der Waals surface area contributed by atoms with Crippen LogP contribution in [0.4, 0.5) is 0 Å². The second-order valence-electron chi connectivity index (χ2n) is 5.99. The summed E-state index contributed by atoms with van der Waals surface area (Å²) in [4.78, 5) is 26.1. The Bertz CT molecular complexity index is 735. The Morgan fingerprint density at radius 2 is 2.17 bits per heavy atom. The van der Waals surface area contributed by atoms with Gasteiger partial charge in [-0.2, -0.15) is 0 Å². The van der Waals surface area contributed by atoms with Gasteiger partial charge in [-0.25, -0.2) is 0 Å². The molecule has 0 bridgehead atoms. The Balaban J connectivity index is 1.73. The first kappa shape index (κ1) is 15.6. The fourth-order valence-corrected chi connectivity index (χ4v) is 3.06. The summed E-state index contributed by atoms with van der Waals surface area (Å²) < 4.78 is 5.49. The first-order chi connectivity index (χ1) is 11.1. The van der Waals surface area contributed by atoms with Gasteiger partial charge in [0.2, 0.25) is 5.91 Å². The monoisotopic (exact) mass is 314 g/mol. The third-order valence-electron chi connectivity index (χ3n) is 4.47. The van der Waals surface area contributed by atoms with Gasteiger partial charge in [0, 0.05) is 30.9 Å². The maximum atomic E-state index is 12.5. The zero-order chi connectivity index (χ0) is 16.4. The molecule has 1 saturated heterocycles. The van der Waals surface area contributed by atoms with Crippen molar-refractivity contribution < 1.29 is 14.0 Å². The first-order valence-corrected chi connectivity index (χ1v) is 8.21. The molecule has 1 atom stereocenters. The lowest BCUT2D eigenvalue weighted by molar-refractivity contribution is -0.129. The third-order valence-corrected chi connectivity index (χ3v) is 4.47. The molecule has 5 nitrogen and oxygen atoms in total. The minimum atomic E-state index is -0.132. The van der Waals surface area contributed by atoms with Gasteiger partial charge in [0.25, 0.3) is 5.91 Å². The van der Waals surface area contributed by atoms with Crippen LogP contribution in [-0.4, -0.2) is 35.8 Å². The van der Waals surface area contributed by atoms with E-state index in [1.165, 1.54) is 11.8 Å². The number of fused-ring (bicyclic) bond motifs is 1. The van der Waals surface area contributed by atoms with Gasteiger partial charge in [0.05, 0.1) is 5.56 Å². The molecule has 3 rings (SSSR count). The number of carbonyl (C=O) groups is 2. The van der Waals surface area contributed by atoms with Crippen LogP contribution in [-0.2, 0) is 11.2 Å². The normalized spacial score (nSPS) is 17.7. The molecule has 2 aromatic rings. The highest BCUT2D eigenvalue weighted by Gasteiger charge is 2.27. The van der Waals surface area contributed by atoms with Gasteiger partial charge < -0.3 is 14.6 Å². The molecule has 1 aromatic heterocycles. The molecule has 2 heterocycles. The number of aryl methyl sites for hydroxylation is 1. The van der Waals surface area contributed by atoms with Crippen molar-refractivity contribution in [2.45, 2.75) is 39.2 Å². The summed E-state index contributed by atoms with van der Waals surface area (Å²) in [6.45, 7) is 5.24. The molecule has 23 heavy (non-hydrogen) atoms. The van der Waals surface area contributed by atoms with Gasteiger partial charge in [0.15, 0.2) is 0 Å². The largest absolute Gasteiger partial charge is 0.463 e. The number of hydrogen-bond acceptors (Lipinski definition) is 3. The van der Waals surface area contributed by atoms with Gasteiger partial charge in [-0.15, -0.1) is 0 Å². The van der Waals surface area contributed by atoms with Crippen molar-refractivity contribution >= 4 is 22.8 Å². The molecule has 122 valence electrons. The molecule has 1 N–H and O–H groups in total. The molecule has 1 aliphatic heterocycles. The predicted octanol–water partition coefficient (Wildman–Crippen LogP) is 2.74. The van der Waals surface area contributed by atoms with Crippen LogP contribution in [0.25, 0.3) is 11.0 Å². The number of furan rings is 1. The van der Waals surface area contributed by atoms with E-state index in [9.17, 15) is 9.59 Å². The maximum absolute atomic E-state index is 12.5. The number of nitrogens with zero attached hydrogens (tertiary/aromatic N) is 1. The molecular formula is C18H22N2O3. The van der Waals surface area contributed by atoms with Gasteiger partial charge in [0.1, 0.15) is 11.8 Å². The quantitative estimate of drug-likeness (QED) is 0.944. The highest BCUT2D eigenvalue weighted by atomic mass is 16.3.